The predicted octanol–water partition coefficient (Wildman–Crippen LogP) is 23.7. The lowest BCUT2D eigenvalue weighted by molar-refractivity contribution is -0.193. The summed E-state index contributed by atoms with van der Waals surface area (Å²) in [4.78, 5) is 97.6. The van der Waals surface area contributed by atoms with Crippen molar-refractivity contribution in [1.29, 1.82) is 0 Å². The summed E-state index contributed by atoms with van der Waals surface area (Å²) in [6.45, 7) is 12.6. The van der Waals surface area contributed by atoms with E-state index in [1.807, 2.05) is 0 Å². The molecule has 0 radical (unpaired) electrons. The molecular formula is C99H184N2O17. The zero-order valence-corrected chi connectivity index (χ0v) is 76.8. The number of hydrogen-bond donors (Lipinski definition) is 6. The predicted molar refractivity (Wildman–Crippen MR) is 478 cm³/mol. The molecule has 2 rings (SSSR count). The van der Waals surface area contributed by atoms with Gasteiger partial charge in [0.2, 0.25) is 11.8 Å². The third-order valence-electron chi connectivity index (χ3n) is 25.1. The minimum absolute atomic E-state index is 0.0573. The van der Waals surface area contributed by atoms with Crippen molar-refractivity contribution in [2.45, 2.75) is 564 Å². The fraction of sp³-hybridized carbons (Fsp3) is 0.929. The average molecular weight is 1670 g/mol. The molecule has 0 heterocycles. The van der Waals surface area contributed by atoms with E-state index in [0.29, 0.717) is 51.4 Å². The molecule has 2 saturated carbocycles. The largest absolute Gasteiger partial charge is 0.462 e. The van der Waals surface area contributed by atoms with Crippen LogP contribution in [0.25, 0.3) is 0 Å². The highest BCUT2D eigenvalue weighted by molar-refractivity contribution is 5.79. The van der Waals surface area contributed by atoms with Crippen LogP contribution in [0.1, 0.15) is 497 Å². The Morgan fingerprint density at radius 1 is 0.331 bits per heavy atom. The van der Waals surface area contributed by atoms with Crippen molar-refractivity contribution in [2.24, 2.45) is 11.8 Å². The maximum Gasteiger partial charge on any atom is 0.310 e. The number of hydrogen-bond acceptors (Lipinski definition) is 17. The van der Waals surface area contributed by atoms with Crippen LogP contribution < -0.4 is 10.6 Å². The molecule has 0 bridgehead atoms. The summed E-state index contributed by atoms with van der Waals surface area (Å²) in [6, 6.07) is -2.58. The Labute approximate surface area is 721 Å². The second-order valence-corrected chi connectivity index (χ2v) is 36.1. The first-order valence-electron chi connectivity index (χ1n) is 50.3. The topological polar surface area (TPSA) is 280 Å². The molecule has 19 nitrogen and oxygen atoms in total. The third-order valence-corrected chi connectivity index (χ3v) is 25.1. The van der Waals surface area contributed by atoms with Gasteiger partial charge in [0, 0.05) is 37.7 Å². The molecule has 0 aromatic carbocycles. The number of unbranched alkanes of at least 4 members (excludes halogenated alkanes) is 54. The lowest BCUT2D eigenvalue weighted by Crippen LogP contribution is -2.64. The molecule has 2 aliphatic carbocycles. The Bertz CT molecular complexity index is 2380. The minimum Gasteiger partial charge on any atom is -0.462 e. The Balaban J connectivity index is 2.51. The molecule has 10 unspecified atom stereocenters. The summed E-state index contributed by atoms with van der Waals surface area (Å²) in [6.07, 6.45) is 56.8. The minimum atomic E-state index is -1.68. The van der Waals surface area contributed by atoms with Crippen LogP contribution in [0.2, 0.25) is 0 Å². The van der Waals surface area contributed by atoms with E-state index < -0.39 is 109 Å². The number of amides is 2. The SMILES string of the molecule is CCCCCCCCCCCCCCCC(=O)O[C@H](CCCCCCCCCCC)CC(=O)NC1C(O)CC(COC2CC(CO)C(OC=O)C(OC(=O)C[C@@H](CCCCCCCCCCC)OC(=O)CCCCCCCCCCCCC)C2NC(=O)C[C@@H](CCCCCCCCCCC)OC(=O)CCCCCCCCCCC)C(O)C1O. The average Bonchev–Trinajstić information content (AvgIpc) is 0.783. The van der Waals surface area contributed by atoms with Crippen molar-refractivity contribution in [2.75, 3.05) is 13.2 Å². The second-order valence-electron chi connectivity index (χ2n) is 36.1. The van der Waals surface area contributed by atoms with Gasteiger partial charge in [0.05, 0.1) is 56.3 Å². The molecule has 0 aromatic rings. The molecule has 19 heteroatoms. The van der Waals surface area contributed by atoms with Gasteiger partial charge < -0.3 is 59.5 Å². The second kappa shape index (κ2) is 77.9. The fourth-order valence-corrected chi connectivity index (χ4v) is 17.6. The number of esters is 4. The monoisotopic (exact) mass is 1670 g/mol. The number of nitrogens with one attached hydrogen (secondary N) is 2. The Morgan fingerprint density at radius 3 is 0.907 bits per heavy atom. The van der Waals surface area contributed by atoms with Gasteiger partial charge in [0.25, 0.3) is 6.47 Å². The van der Waals surface area contributed by atoms with Crippen LogP contribution in [0, 0.1) is 11.8 Å². The summed E-state index contributed by atoms with van der Waals surface area (Å²) >= 11 is 0. The first-order valence-corrected chi connectivity index (χ1v) is 50.3. The highest BCUT2D eigenvalue weighted by atomic mass is 16.6. The zero-order valence-electron chi connectivity index (χ0n) is 76.8. The highest BCUT2D eigenvalue weighted by Crippen LogP contribution is 2.36. The maximum atomic E-state index is 15.0. The van der Waals surface area contributed by atoms with Gasteiger partial charge in [-0.2, -0.15) is 0 Å². The summed E-state index contributed by atoms with van der Waals surface area (Å²) in [7, 11) is 0. The first kappa shape index (κ1) is 110. The first-order chi connectivity index (χ1) is 57.6. The van der Waals surface area contributed by atoms with Gasteiger partial charge in [-0.1, -0.05) is 388 Å². The molecule has 0 saturated heterocycles. The van der Waals surface area contributed by atoms with E-state index in [1.165, 1.54) is 218 Å². The molecule has 692 valence electrons. The molecule has 2 amide bonds. The summed E-state index contributed by atoms with van der Waals surface area (Å²) in [5.74, 6) is -4.90. The van der Waals surface area contributed by atoms with Gasteiger partial charge in [-0.05, 0) is 70.6 Å². The van der Waals surface area contributed by atoms with Gasteiger partial charge >= 0.3 is 23.9 Å². The Morgan fingerprint density at radius 2 is 0.610 bits per heavy atom. The lowest BCUT2D eigenvalue weighted by Gasteiger charge is -2.46. The van der Waals surface area contributed by atoms with Gasteiger partial charge in [0.15, 0.2) is 6.10 Å². The molecule has 6 N–H and O–H groups in total. The smallest absolute Gasteiger partial charge is 0.310 e. The van der Waals surface area contributed by atoms with Crippen molar-refractivity contribution in [3.05, 3.63) is 0 Å². The van der Waals surface area contributed by atoms with Crippen LogP contribution in [0.4, 0.5) is 0 Å². The molecule has 2 fully saturated rings. The van der Waals surface area contributed by atoms with E-state index in [0.717, 1.165) is 135 Å². The van der Waals surface area contributed by atoms with E-state index in [2.05, 4.69) is 52.2 Å². The van der Waals surface area contributed by atoms with Crippen molar-refractivity contribution < 1.29 is 82.4 Å². The third kappa shape index (κ3) is 58.3. The van der Waals surface area contributed by atoms with Crippen LogP contribution in [-0.2, 0) is 62.0 Å². The standard InChI is InChI=1S/C99H184N2O17/c1-7-13-19-25-31-37-39-40-42-48-54-59-65-70-90(107)115-83(67-61-55-49-43-33-27-21-15-9-3)75-88(105)100-94-86(104)73-82(96(111)97(94)112)79-113-87-74-81(78-102)98(114-80-103)99(95(87)101-89(106)76-84(68-62-56-50-44-34-28-22-16-10-4)116-91(108)71-64-58-52-46-36-30-24-18-12-6)118-93(110)77-85(69-63-57-51-45-35-29-23-17-11-5)117-92(109)72-66-60-53-47-41-38-32-26-20-14-8-2/h80-87,94-99,102,104,111-112H,7-79H2,1-6H3,(H,100,105)(H,101,106)/t81?,82?,83-,84-,85-,86?,87?,94?,95?,96?,97?,98?,99?/m1/s1. The molecular weight excluding hydrogens is 1490 g/mol. The van der Waals surface area contributed by atoms with E-state index in [1.54, 1.807) is 0 Å². The number of carbonyl (C=O) groups excluding carboxylic acids is 7. The zero-order chi connectivity index (χ0) is 86.0. The summed E-state index contributed by atoms with van der Waals surface area (Å²) in [5, 5.41) is 52.9. The molecule has 118 heavy (non-hydrogen) atoms. The molecule has 0 aliphatic heterocycles. The number of ether oxygens (including phenoxy) is 6. The molecule has 0 spiro atoms. The van der Waals surface area contributed by atoms with Gasteiger partial charge in [-0.25, -0.2) is 0 Å². The Kier molecular flexibility index (Phi) is 72.7. The fourth-order valence-electron chi connectivity index (χ4n) is 17.6. The molecule has 13 atom stereocenters. The lowest BCUT2D eigenvalue weighted by atomic mass is 9.78. The highest BCUT2D eigenvalue weighted by Gasteiger charge is 2.51. The van der Waals surface area contributed by atoms with Crippen molar-refractivity contribution >= 4 is 42.2 Å². The van der Waals surface area contributed by atoms with Crippen molar-refractivity contribution in [3.8, 4) is 0 Å². The van der Waals surface area contributed by atoms with Crippen LogP contribution >= 0.6 is 0 Å². The van der Waals surface area contributed by atoms with Crippen LogP contribution in [0.3, 0.4) is 0 Å². The van der Waals surface area contributed by atoms with Crippen LogP contribution in [0.15, 0.2) is 0 Å². The van der Waals surface area contributed by atoms with E-state index >= 15 is 4.79 Å². The van der Waals surface area contributed by atoms with Gasteiger partial charge in [-0.3, -0.25) is 33.6 Å². The van der Waals surface area contributed by atoms with Gasteiger partial charge in [0.1, 0.15) is 30.5 Å². The molecule has 2 aliphatic rings. The quantitative estimate of drug-likeness (QED) is 0.0143. The van der Waals surface area contributed by atoms with E-state index in [9.17, 15) is 49.2 Å². The van der Waals surface area contributed by atoms with Crippen molar-refractivity contribution in [1.82, 2.24) is 10.6 Å². The Hall–Kier alpha value is -3.91. The summed E-state index contributed by atoms with van der Waals surface area (Å²) in [5.41, 5.74) is 0. The van der Waals surface area contributed by atoms with Crippen molar-refractivity contribution in [3.63, 3.8) is 0 Å². The molecule has 0 aromatic heterocycles. The van der Waals surface area contributed by atoms with Gasteiger partial charge in [-0.15, -0.1) is 0 Å². The number of rotatable bonds is 84. The normalized spacial score (nSPS) is 20.1. The van der Waals surface area contributed by atoms with E-state index in [4.69, 9.17) is 28.4 Å². The number of carbonyl (C=O) groups is 7. The van der Waals surface area contributed by atoms with Crippen LogP contribution in [-0.4, -0.2) is 143 Å². The van der Waals surface area contributed by atoms with E-state index in [-0.39, 0.29) is 76.4 Å². The summed E-state index contributed by atoms with van der Waals surface area (Å²) < 4.78 is 37.4. The van der Waals surface area contributed by atoms with Crippen LogP contribution in [0.5, 0.6) is 0 Å². The number of aliphatic hydroxyl groups is 4. The maximum absolute atomic E-state index is 15.0. The number of aliphatic hydroxyl groups excluding tert-OH is 4.